The zero-order valence-electron chi connectivity index (χ0n) is 17.5. The molecule has 1 aromatic heterocycles. The van der Waals surface area contributed by atoms with Crippen LogP contribution in [-0.2, 0) is 4.79 Å². The van der Waals surface area contributed by atoms with Crippen molar-refractivity contribution in [1.82, 2.24) is 9.88 Å². The molecule has 0 saturated carbocycles. The van der Waals surface area contributed by atoms with Crippen LogP contribution in [0.4, 0.5) is 11.5 Å². The van der Waals surface area contributed by atoms with Crippen LogP contribution in [0.2, 0.25) is 0 Å². The minimum absolute atomic E-state index is 0.145. The summed E-state index contributed by atoms with van der Waals surface area (Å²) in [5.41, 5.74) is 2.41. The Morgan fingerprint density at radius 2 is 1.72 bits per heavy atom. The number of carbonyl (C=O) groups excluding carboxylic acids is 2. The number of anilines is 2. The monoisotopic (exact) mass is 394 g/mol. The zero-order valence-corrected chi connectivity index (χ0v) is 17.5. The Hall–Kier alpha value is -2.89. The summed E-state index contributed by atoms with van der Waals surface area (Å²) in [6.45, 7) is 9.28. The van der Waals surface area contributed by atoms with Crippen LogP contribution in [0.15, 0.2) is 42.6 Å². The average Bonchev–Trinajstić information content (AvgIpc) is 2.73. The molecule has 2 aromatic rings. The van der Waals surface area contributed by atoms with E-state index in [0.29, 0.717) is 23.6 Å². The number of benzene rings is 1. The number of carbonyl (C=O) groups is 2. The van der Waals surface area contributed by atoms with Crippen LogP contribution >= 0.6 is 0 Å². The van der Waals surface area contributed by atoms with Crippen LogP contribution in [0.1, 0.15) is 42.6 Å². The molecule has 1 N–H and O–H groups in total. The maximum atomic E-state index is 12.3. The van der Waals surface area contributed by atoms with E-state index in [2.05, 4.69) is 29.0 Å². The summed E-state index contributed by atoms with van der Waals surface area (Å²) in [5.74, 6) is 1.52. The second kappa shape index (κ2) is 9.54. The zero-order chi connectivity index (χ0) is 20.8. The Kier molecular flexibility index (Phi) is 6.86. The fourth-order valence-corrected chi connectivity index (χ4v) is 3.31. The number of pyridine rings is 1. The summed E-state index contributed by atoms with van der Waals surface area (Å²) >= 11 is 0. The smallest absolute Gasteiger partial charge is 0.255 e. The minimum atomic E-state index is -0.145. The molecule has 0 atom stereocenters. The molecule has 0 bridgehead atoms. The predicted molar refractivity (Wildman–Crippen MR) is 116 cm³/mol. The lowest BCUT2D eigenvalue weighted by molar-refractivity contribution is -0.131. The molecule has 6 heteroatoms. The van der Waals surface area contributed by atoms with Crippen LogP contribution in [0.25, 0.3) is 0 Å². The Morgan fingerprint density at radius 1 is 1.03 bits per heavy atom. The third kappa shape index (κ3) is 5.79. The molecule has 0 radical (unpaired) electrons. The van der Waals surface area contributed by atoms with Crippen molar-refractivity contribution in [2.24, 2.45) is 5.92 Å². The summed E-state index contributed by atoms with van der Waals surface area (Å²) in [7, 11) is 0. The second-order valence-corrected chi connectivity index (χ2v) is 8.03. The van der Waals surface area contributed by atoms with Gasteiger partial charge in [0.25, 0.3) is 5.91 Å². The van der Waals surface area contributed by atoms with E-state index in [0.717, 1.165) is 44.0 Å². The van der Waals surface area contributed by atoms with E-state index in [1.54, 1.807) is 6.20 Å². The molecule has 29 heavy (non-hydrogen) atoms. The molecule has 1 aliphatic heterocycles. The van der Waals surface area contributed by atoms with Crippen molar-refractivity contribution in [2.45, 2.75) is 33.6 Å². The first-order valence-electron chi connectivity index (χ1n) is 10.3. The summed E-state index contributed by atoms with van der Waals surface area (Å²) < 4.78 is 0. The lowest BCUT2D eigenvalue weighted by atomic mass is 10.1. The van der Waals surface area contributed by atoms with Gasteiger partial charge in [-0.3, -0.25) is 9.59 Å². The fourth-order valence-electron chi connectivity index (χ4n) is 3.31. The van der Waals surface area contributed by atoms with E-state index in [-0.39, 0.29) is 11.8 Å². The lowest BCUT2D eigenvalue weighted by Crippen LogP contribution is -2.49. The van der Waals surface area contributed by atoms with Gasteiger partial charge in [0.2, 0.25) is 5.91 Å². The van der Waals surface area contributed by atoms with E-state index in [1.807, 2.05) is 48.2 Å². The summed E-state index contributed by atoms with van der Waals surface area (Å²) in [6.07, 6.45) is 3.25. The number of aryl methyl sites for hydroxylation is 1. The van der Waals surface area contributed by atoms with E-state index >= 15 is 0 Å². The molecule has 0 spiro atoms. The molecule has 2 amide bonds. The van der Waals surface area contributed by atoms with Gasteiger partial charge < -0.3 is 15.1 Å². The van der Waals surface area contributed by atoms with Gasteiger partial charge in [0, 0.05) is 38.2 Å². The second-order valence-electron chi connectivity index (χ2n) is 8.03. The maximum absolute atomic E-state index is 12.3. The van der Waals surface area contributed by atoms with Crippen LogP contribution in [-0.4, -0.2) is 47.9 Å². The standard InChI is InChI=1S/C23H30N4O2/c1-17(2)4-11-22(28)27-14-12-26(13-15-27)21-10-9-20(16-24-21)25-23(29)19-7-5-18(3)6-8-19/h5-10,16-17H,4,11-15H2,1-3H3,(H,25,29). The molecule has 0 unspecified atom stereocenters. The molecule has 1 fully saturated rings. The Morgan fingerprint density at radius 3 is 2.31 bits per heavy atom. The summed E-state index contributed by atoms with van der Waals surface area (Å²) in [5, 5.41) is 2.88. The van der Waals surface area contributed by atoms with Gasteiger partial charge >= 0.3 is 0 Å². The summed E-state index contributed by atoms with van der Waals surface area (Å²) in [4.78, 5) is 33.2. The van der Waals surface area contributed by atoms with Gasteiger partial charge in [-0.05, 0) is 43.5 Å². The molecule has 154 valence electrons. The van der Waals surface area contributed by atoms with E-state index < -0.39 is 0 Å². The SMILES string of the molecule is Cc1ccc(C(=O)Nc2ccc(N3CCN(C(=O)CCC(C)C)CC3)nc2)cc1. The first-order valence-corrected chi connectivity index (χ1v) is 10.3. The molecular formula is C23H30N4O2. The number of nitrogens with one attached hydrogen (secondary N) is 1. The number of nitrogens with zero attached hydrogens (tertiary/aromatic N) is 3. The molecule has 1 aromatic carbocycles. The molecule has 1 saturated heterocycles. The predicted octanol–water partition coefficient (Wildman–Crippen LogP) is 3.73. The maximum Gasteiger partial charge on any atom is 0.255 e. The average molecular weight is 395 g/mol. The highest BCUT2D eigenvalue weighted by Gasteiger charge is 2.21. The highest BCUT2D eigenvalue weighted by Crippen LogP contribution is 2.18. The molecule has 6 nitrogen and oxygen atoms in total. The van der Waals surface area contributed by atoms with Crippen molar-refractivity contribution < 1.29 is 9.59 Å². The quantitative estimate of drug-likeness (QED) is 0.811. The number of rotatable bonds is 6. The number of aromatic nitrogens is 1. The first-order chi connectivity index (χ1) is 13.9. The number of piperazine rings is 1. The van der Waals surface area contributed by atoms with Gasteiger partial charge in [-0.15, -0.1) is 0 Å². The van der Waals surface area contributed by atoms with Crippen molar-refractivity contribution >= 4 is 23.3 Å². The number of hydrogen-bond acceptors (Lipinski definition) is 4. The van der Waals surface area contributed by atoms with Crippen LogP contribution in [0.5, 0.6) is 0 Å². The first kappa shape index (κ1) is 20.8. The van der Waals surface area contributed by atoms with Gasteiger partial charge in [0.1, 0.15) is 5.82 Å². The van der Waals surface area contributed by atoms with Crippen LogP contribution in [0, 0.1) is 12.8 Å². The largest absolute Gasteiger partial charge is 0.353 e. The van der Waals surface area contributed by atoms with Crippen molar-refractivity contribution in [3.63, 3.8) is 0 Å². The Balaban J connectivity index is 1.51. The molecule has 3 rings (SSSR count). The highest BCUT2D eigenvalue weighted by atomic mass is 16.2. The van der Waals surface area contributed by atoms with E-state index in [9.17, 15) is 9.59 Å². The molecule has 2 heterocycles. The third-order valence-electron chi connectivity index (χ3n) is 5.21. The van der Waals surface area contributed by atoms with Crippen molar-refractivity contribution in [3.05, 3.63) is 53.7 Å². The van der Waals surface area contributed by atoms with Crippen molar-refractivity contribution in [3.8, 4) is 0 Å². The number of amides is 2. The molecular weight excluding hydrogens is 364 g/mol. The van der Waals surface area contributed by atoms with Crippen LogP contribution in [0.3, 0.4) is 0 Å². The van der Waals surface area contributed by atoms with E-state index in [4.69, 9.17) is 0 Å². The van der Waals surface area contributed by atoms with Crippen molar-refractivity contribution in [2.75, 3.05) is 36.4 Å². The van der Waals surface area contributed by atoms with Gasteiger partial charge in [0.15, 0.2) is 0 Å². The van der Waals surface area contributed by atoms with Gasteiger partial charge in [0.05, 0.1) is 11.9 Å². The van der Waals surface area contributed by atoms with E-state index in [1.165, 1.54) is 0 Å². The van der Waals surface area contributed by atoms with Crippen molar-refractivity contribution in [1.29, 1.82) is 0 Å². The third-order valence-corrected chi connectivity index (χ3v) is 5.21. The number of hydrogen-bond donors (Lipinski definition) is 1. The molecule has 0 aliphatic carbocycles. The lowest BCUT2D eigenvalue weighted by Gasteiger charge is -2.35. The topological polar surface area (TPSA) is 65.5 Å². The minimum Gasteiger partial charge on any atom is -0.353 e. The fraction of sp³-hybridized carbons (Fsp3) is 0.435. The van der Waals surface area contributed by atoms with Gasteiger partial charge in [-0.1, -0.05) is 31.5 Å². The summed E-state index contributed by atoms with van der Waals surface area (Å²) in [6, 6.07) is 11.3. The van der Waals surface area contributed by atoms with Crippen LogP contribution < -0.4 is 10.2 Å². The van der Waals surface area contributed by atoms with Gasteiger partial charge in [-0.25, -0.2) is 4.98 Å². The highest BCUT2D eigenvalue weighted by molar-refractivity contribution is 6.04. The Bertz CT molecular complexity index is 823. The Labute approximate surface area is 172 Å². The van der Waals surface area contributed by atoms with Gasteiger partial charge in [-0.2, -0.15) is 0 Å². The normalized spacial score (nSPS) is 14.2. The molecule has 1 aliphatic rings.